The monoisotopic (exact) mass is 216 g/mol. The number of aromatic nitrogens is 3. The smallest absolute Gasteiger partial charge is 0.271 e. The topological polar surface area (TPSA) is 61.9 Å². The Kier molecular flexibility index (Phi) is 2.95. The van der Waals surface area contributed by atoms with E-state index in [0.717, 1.165) is 5.56 Å². The number of hydrogen-bond acceptors (Lipinski definition) is 3. The van der Waals surface area contributed by atoms with E-state index in [1.165, 1.54) is 12.5 Å². The summed E-state index contributed by atoms with van der Waals surface area (Å²) in [5.74, 6) is -0.0747. The number of rotatable bonds is 3. The zero-order chi connectivity index (χ0) is 11.4. The number of H-pyrrole nitrogens is 1. The average Bonchev–Trinajstić information content (AvgIpc) is 2.83. The molecule has 0 saturated heterocycles. The summed E-state index contributed by atoms with van der Waals surface area (Å²) in [4.78, 5) is 24.0. The molecule has 0 unspecified atom stereocenters. The zero-order valence-corrected chi connectivity index (χ0v) is 8.92. The van der Waals surface area contributed by atoms with Gasteiger partial charge in [0.2, 0.25) is 0 Å². The number of imidazole rings is 1. The number of pyridine rings is 1. The van der Waals surface area contributed by atoms with E-state index in [-0.39, 0.29) is 5.91 Å². The van der Waals surface area contributed by atoms with Crippen molar-refractivity contribution in [3.8, 4) is 0 Å². The van der Waals surface area contributed by atoms with Crippen molar-refractivity contribution in [1.29, 1.82) is 0 Å². The summed E-state index contributed by atoms with van der Waals surface area (Å²) in [5, 5.41) is 0. The lowest BCUT2D eigenvalue weighted by Crippen LogP contribution is -2.26. The van der Waals surface area contributed by atoms with Crippen LogP contribution in [-0.4, -0.2) is 32.8 Å². The maximum absolute atomic E-state index is 11.8. The van der Waals surface area contributed by atoms with Crippen LogP contribution in [-0.2, 0) is 6.54 Å². The molecule has 0 radical (unpaired) electrons. The molecule has 2 aromatic rings. The Labute approximate surface area is 93.2 Å². The molecule has 0 aliphatic rings. The second-order valence-electron chi connectivity index (χ2n) is 3.48. The third kappa shape index (κ3) is 2.25. The van der Waals surface area contributed by atoms with Crippen LogP contribution in [0.5, 0.6) is 0 Å². The minimum absolute atomic E-state index is 0.0747. The highest BCUT2D eigenvalue weighted by Crippen LogP contribution is 2.04. The molecule has 0 saturated carbocycles. The molecule has 0 atom stereocenters. The molecule has 1 amide bonds. The van der Waals surface area contributed by atoms with Crippen LogP contribution in [0.15, 0.2) is 37.1 Å². The highest BCUT2D eigenvalue weighted by molar-refractivity contribution is 5.91. The van der Waals surface area contributed by atoms with E-state index < -0.39 is 0 Å². The largest absolute Gasteiger partial charge is 0.341 e. The van der Waals surface area contributed by atoms with Gasteiger partial charge in [0.15, 0.2) is 0 Å². The number of carbonyl (C=O) groups is 1. The van der Waals surface area contributed by atoms with Crippen LogP contribution in [0, 0.1) is 0 Å². The molecule has 82 valence electrons. The molecule has 16 heavy (non-hydrogen) atoms. The van der Waals surface area contributed by atoms with Gasteiger partial charge in [0.1, 0.15) is 5.69 Å². The van der Waals surface area contributed by atoms with Gasteiger partial charge in [-0.05, 0) is 17.7 Å². The van der Waals surface area contributed by atoms with Crippen molar-refractivity contribution in [2.45, 2.75) is 6.54 Å². The molecule has 5 heteroatoms. The molecule has 0 bridgehead atoms. The minimum Gasteiger partial charge on any atom is -0.341 e. The van der Waals surface area contributed by atoms with Crippen LogP contribution >= 0.6 is 0 Å². The first-order valence-corrected chi connectivity index (χ1v) is 4.90. The number of aromatic amines is 1. The molecule has 1 N–H and O–H groups in total. The van der Waals surface area contributed by atoms with Crippen molar-refractivity contribution in [3.05, 3.63) is 48.3 Å². The standard InChI is InChI=1S/C11H12N4O/c1-15(7-9-2-4-12-5-3-9)11(16)10-6-13-8-14-10/h2-6,8H,7H2,1H3,(H,13,14). The Morgan fingerprint density at radius 3 is 2.75 bits per heavy atom. The highest BCUT2D eigenvalue weighted by atomic mass is 16.2. The van der Waals surface area contributed by atoms with Crippen molar-refractivity contribution in [1.82, 2.24) is 19.9 Å². The van der Waals surface area contributed by atoms with E-state index in [9.17, 15) is 4.79 Å². The summed E-state index contributed by atoms with van der Waals surface area (Å²) in [6.07, 6.45) is 6.44. The lowest BCUT2D eigenvalue weighted by Gasteiger charge is -2.15. The maximum Gasteiger partial charge on any atom is 0.271 e. The van der Waals surface area contributed by atoms with Gasteiger partial charge in [-0.15, -0.1) is 0 Å². The van der Waals surface area contributed by atoms with Gasteiger partial charge in [0.25, 0.3) is 5.91 Å². The van der Waals surface area contributed by atoms with E-state index in [0.29, 0.717) is 12.2 Å². The van der Waals surface area contributed by atoms with Crippen molar-refractivity contribution in [2.75, 3.05) is 7.05 Å². The molecule has 5 nitrogen and oxygen atoms in total. The van der Waals surface area contributed by atoms with E-state index >= 15 is 0 Å². The normalized spacial score (nSPS) is 10.1. The fraction of sp³-hybridized carbons (Fsp3) is 0.182. The fourth-order valence-corrected chi connectivity index (χ4v) is 1.41. The first-order valence-electron chi connectivity index (χ1n) is 4.90. The zero-order valence-electron chi connectivity index (χ0n) is 8.92. The Bertz CT molecular complexity index is 452. The number of carbonyl (C=O) groups excluding carboxylic acids is 1. The maximum atomic E-state index is 11.8. The molecule has 0 aliphatic carbocycles. The molecular formula is C11H12N4O. The molecular weight excluding hydrogens is 204 g/mol. The summed E-state index contributed by atoms with van der Waals surface area (Å²) < 4.78 is 0. The van der Waals surface area contributed by atoms with Gasteiger partial charge in [-0.1, -0.05) is 0 Å². The molecule has 2 rings (SSSR count). The van der Waals surface area contributed by atoms with Crippen LogP contribution in [0.4, 0.5) is 0 Å². The Morgan fingerprint density at radius 2 is 2.12 bits per heavy atom. The van der Waals surface area contributed by atoms with Gasteiger partial charge in [0.05, 0.1) is 12.5 Å². The average molecular weight is 216 g/mol. The van der Waals surface area contributed by atoms with E-state index in [1.54, 1.807) is 24.3 Å². The summed E-state index contributed by atoms with van der Waals surface area (Å²) in [6, 6.07) is 3.77. The Morgan fingerprint density at radius 1 is 1.38 bits per heavy atom. The van der Waals surface area contributed by atoms with E-state index in [4.69, 9.17) is 0 Å². The van der Waals surface area contributed by atoms with Crippen LogP contribution in [0.3, 0.4) is 0 Å². The second-order valence-corrected chi connectivity index (χ2v) is 3.48. The van der Waals surface area contributed by atoms with Gasteiger partial charge >= 0.3 is 0 Å². The van der Waals surface area contributed by atoms with Crippen LogP contribution in [0.2, 0.25) is 0 Å². The SMILES string of the molecule is CN(Cc1ccncc1)C(=O)c1cnc[nH]1. The van der Waals surface area contributed by atoms with Gasteiger partial charge < -0.3 is 9.88 Å². The van der Waals surface area contributed by atoms with Gasteiger partial charge in [-0.25, -0.2) is 4.98 Å². The number of nitrogens with zero attached hydrogens (tertiary/aromatic N) is 3. The molecule has 0 aliphatic heterocycles. The third-order valence-corrected chi connectivity index (χ3v) is 2.24. The molecule has 2 heterocycles. The van der Waals surface area contributed by atoms with E-state index in [1.807, 2.05) is 12.1 Å². The third-order valence-electron chi connectivity index (χ3n) is 2.24. The number of nitrogens with one attached hydrogen (secondary N) is 1. The van der Waals surface area contributed by atoms with Crippen molar-refractivity contribution in [2.24, 2.45) is 0 Å². The predicted octanol–water partition coefficient (Wildman–Crippen LogP) is 1.08. The summed E-state index contributed by atoms with van der Waals surface area (Å²) in [5.41, 5.74) is 1.54. The molecule has 0 spiro atoms. The Hall–Kier alpha value is -2.17. The first-order chi connectivity index (χ1) is 7.77. The Balaban J connectivity index is 2.04. The van der Waals surface area contributed by atoms with Crippen LogP contribution in [0.1, 0.15) is 16.1 Å². The van der Waals surface area contributed by atoms with Gasteiger partial charge in [0, 0.05) is 26.0 Å². The number of amides is 1. The summed E-state index contributed by atoms with van der Waals surface area (Å²) in [7, 11) is 1.75. The lowest BCUT2D eigenvalue weighted by molar-refractivity contribution is 0.0780. The van der Waals surface area contributed by atoms with Crippen molar-refractivity contribution >= 4 is 5.91 Å². The lowest BCUT2D eigenvalue weighted by atomic mass is 10.2. The van der Waals surface area contributed by atoms with Crippen molar-refractivity contribution in [3.63, 3.8) is 0 Å². The highest BCUT2D eigenvalue weighted by Gasteiger charge is 2.12. The minimum atomic E-state index is -0.0747. The summed E-state index contributed by atoms with van der Waals surface area (Å²) in [6.45, 7) is 0.556. The predicted molar refractivity (Wildman–Crippen MR) is 58.6 cm³/mol. The molecule has 0 fully saturated rings. The van der Waals surface area contributed by atoms with Gasteiger partial charge in [-0.3, -0.25) is 9.78 Å². The summed E-state index contributed by atoms with van der Waals surface area (Å²) >= 11 is 0. The second kappa shape index (κ2) is 4.57. The molecule has 2 aromatic heterocycles. The van der Waals surface area contributed by atoms with Crippen molar-refractivity contribution < 1.29 is 4.79 Å². The van der Waals surface area contributed by atoms with Crippen LogP contribution in [0.25, 0.3) is 0 Å². The first kappa shape index (κ1) is 10.4. The van der Waals surface area contributed by atoms with Gasteiger partial charge in [-0.2, -0.15) is 0 Å². The van der Waals surface area contributed by atoms with Crippen LogP contribution < -0.4 is 0 Å². The number of hydrogen-bond donors (Lipinski definition) is 1. The quantitative estimate of drug-likeness (QED) is 0.835. The van der Waals surface area contributed by atoms with E-state index in [2.05, 4.69) is 15.0 Å². The fourth-order valence-electron chi connectivity index (χ4n) is 1.41. The molecule has 0 aromatic carbocycles.